The molecule has 33 heavy (non-hydrogen) atoms. The fourth-order valence-corrected chi connectivity index (χ4v) is 20.0. The van der Waals surface area contributed by atoms with Crippen LogP contribution in [0.3, 0.4) is 0 Å². The Balaban J connectivity index is 1.77. The molecule has 0 atom stereocenters. The molecule has 0 saturated carbocycles. The minimum atomic E-state index is -1.51. The van der Waals surface area contributed by atoms with Crippen molar-refractivity contribution in [2.45, 2.75) is 53.3 Å². The first-order chi connectivity index (χ1) is 15.6. The molecule has 1 radical (unpaired) electrons. The van der Waals surface area contributed by atoms with Gasteiger partial charge in [-0.15, -0.1) is 22.7 Å². The first-order valence-corrected chi connectivity index (χ1v) is 22.2. The lowest BCUT2D eigenvalue weighted by Crippen LogP contribution is -2.38. The van der Waals surface area contributed by atoms with Gasteiger partial charge in [-0.1, -0.05) is 98.8 Å². The van der Waals surface area contributed by atoms with Gasteiger partial charge in [0.1, 0.15) is 9.23 Å². The fourth-order valence-electron chi connectivity index (χ4n) is 4.02. The molecule has 169 valence electrons. The van der Waals surface area contributed by atoms with Crippen molar-refractivity contribution in [3.05, 3.63) is 69.7 Å². The van der Waals surface area contributed by atoms with E-state index in [-0.39, 0.29) is 0 Å². The van der Waals surface area contributed by atoms with Crippen molar-refractivity contribution in [2.75, 3.05) is 0 Å². The third kappa shape index (κ3) is 4.66. The summed E-state index contributed by atoms with van der Waals surface area (Å²) in [5.74, 6) is 0. The first kappa shape index (κ1) is 23.8. The molecule has 5 rings (SSSR count). The third-order valence-electron chi connectivity index (χ3n) is 5.48. The van der Waals surface area contributed by atoms with E-state index in [9.17, 15) is 0 Å². The lowest BCUT2D eigenvalue weighted by atomic mass is 10.4. The molecule has 1 aliphatic heterocycles. The highest BCUT2D eigenvalue weighted by molar-refractivity contribution is 8.16. The molecule has 0 nitrogen and oxygen atoms in total. The van der Waals surface area contributed by atoms with E-state index in [0.717, 1.165) is 0 Å². The standard InChI is InChI=1S/C26H28S5Si2/c1-32(2,3)23-21-19(30-25(23)27-17-13-9-7-10-14-17)20-22(29-21)24(33(4,5)6)26(31-20)28-18-15-11-8-12-16-18/h7-16H,1-6H3/q+1. The van der Waals surface area contributed by atoms with E-state index < -0.39 is 16.1 Å². The number of hydrogen-bond acceptors (Lipinski definition) is 3. The summed E-state index contributed by atoms with van der Waals surface area (Å²) in [5, 5.41) is 3.34. The Hall–Kier alpha value is -0.936. The van der Waals surface area contributed by atoms with Crippen LogP contribution in [0.5, 0.6) is 0 Å². The molecule has 2 aromatic carbocycles. The maximum absolute atomic E-state index is 2.51. The van der Waals surface area contributed by atoms with Gasteiger partial charge in [0.15, 0.2) is 0 Å². The van der Waals surface area contributed by atoms with Gasteiger partial charge in [-0.3, -0.25) is 0 Å². The number of benzene rings is 2. The van der Waals surface area contributed by atoms with Crippen LogP contribution in [-0.4, -0.2) is 20.3 Å². The largest absolute Gasteiger partial charge is 0.287 e. The number of hydrogen-bond donors (Lipinski definition) is 0. The van der Waals surface area contributed by atoms with Crippen molar-refractivity contribution in [2.24, 2.45) is 0 Å². The SMILES string of the molecule is C[Si](C)(C)C1=c2sc3c([Si](C)(C)C)c(Sc4ccccc4)sc3c2=[S+]C1=[S]c1ccccc1. The smallest absolute Gasteiger partial charge is 0.129 e. The summed E-state index contributed by atoms with van der Waals surface area (Å²) in [6.45, 7) is 15.0. The lowest BCUT2D eigenvalue weighted by molar-refractivity contribution is 1.46. The number of rotatable bonds is 5. The molecule has 0 unspecified atom stereocenters. The van der Waals surface area contributed by atoms with Gasteiger partial charge >= 0.3 is 0 Å². The molecule has 0 fully saturated rings. The van der Waals surface area contributed by atoms with Crippen LogP contribution >= 0.6 is 45.8 Å². The highest BCUT2D eigenvalue weighted by Crippen LogP contribution is 2.40. The van der Waals surface area contributed by atoms with E-state index in [2.05, 4.69) is 111 Å². The zero-order chi connectivity index (χ0) is 23.4. The average Bonchev–Trinajstić information content (AvgIpc) is 3.36. The molecule has 0 N–H and O–H groups in total. The molecule has 2 aromatic heterocycles. The molecule has 3 heterocycles. The van der Waals surface area contributed by atoms with Gasteiger partial charge < -0.3 is 0 Å². The van der Waals surface area contributed by atoms with E-state index in [1.165, 1.54) is 27.4 Å². The molecular formula is C26H28S5Si2+. The molecule has 4 aromatic rings. The Bertz CT molecular complexity index is 1480. The molecule has 0 saturated heterocycles. The van der Waals surface area contributed by atoms with Gasteiger partial charge in [0, 0.05) is 15.0 Å². The maximum Gasteiger partial charge on any atom is 0.287 e. The zero-order valence-corrected chi connectivity index (χ0v) is 25.9. The van der Waals surface area contributed by atoms with Gasteiger partial charge in [0.2, 0.25) is 11.4 Å². The van der Waals surface area contributed by atoms with Crippen molar-refractivity contribution in [3.63, 3.8) is 0 Å². The van der Waals surface area contributed by atoms with Crippen LogP contribution in [0.2, 0.25) is 39.3 Å². The number of thiophene rings is 2. The van der Waals surface area contributed by atoms with E-state index in [1.807, 2.05) is 45.8 Å². The van der Waals surface area contributed by atoms with Crippen molar-refractivity contribution in [1.29, 1.82) is 0 Å². The Morgan fingerprint density at radius 1 is 0.697 bits per heavy atom. The third-order valence-corrected chi connectivity index (χ3v) is 17.0. The maximum atomic E-state index is 2.51. The normalized spacial score (nSPS) is 15.3. The molecule has 0 amide bonds. The minimum absolute atomic E-state index is 1.34. The monoisotopic (exact) mass is 556 g/mol. The van der Waals surface area contributed by atoms with Gasteiger partial charge in [-0.25, -0.2) is 0 Å². The molecule has 7 heteroatoms. The predicted octanol–water partition coefficient (Wildman–Crippen LogP) is 7.96. The highest BCUT2D eigenvalue weighted by atomic mass is 32.2. The van der Waals surface area contributed by atoms with Crippen LogP contribution in [0.25, 0.3) is 14.6 Å². The zero-order valence-electron chi connectivity index (χ0n) is 19.8. The van der Waals surface area contributed by atoms with Crippen LogP contribution in [-0.2, 0) is 11.4 Å². The van der Waals surface area contributed by atoms with Gasteiger partial charge in [0.25, 0.3) is 8.71 Å². The second-order valence-electron chi connectivity index (χ2n) is 10.3. The van der Waals surface area contributed by atoms with Crippen molar-refractivity contribution in [3.8, 4) is 0 Å². The Kier molecular flexibility index (Phi) is 6.44. The molecule has 0 aliphatic carbocycles. The topological polar surface area (TPSA) is 0 Å². The Morgan fingerprint density at radius 3 is 1.88 bits per heavy atom. The summed E-state index contributed by atoms with van der Waals surface area (Å²) in [4.78, 5) is 2.69. The quantitative estimate of drug-likeness (QED) is 0.136. The van der Waals surface area contributed by atoms with Gasteiger partial charge in [0.05, 0.1) is 25.1 Å². The summed E-state index contributed by atoms with van der Waals surface area (Å²) in [5.41, 5.74) is 0. The number of fused-ring (bicyclic) bond motifs is 3. The average molecular weight is 557 g/mol. The van der Waals surface area contributed by atoms with Crippen LogP contribution in [0.15, 0.2) is 74.7 Å². The molecule has 0 bridgehead atoms. The van der Waals surface area contributed by atoms with Crippen LogP contribution < -0.4 is 9.72 Å². The summed E-state index contributed by atoms with van der Waals surface area (Å²) in [7, 11) is -3.01. The Labute approximate surface area is 218 Å². The van der Waals surface area contributed by atoms with Crippen LogP contribution in [0.1, 0.15) is 0 Å². The van der Waals surface area contributed by atoms with E-state index in [0.29, 0.717) is 0 Å². The second kappa shape index (κ2) is 8.93. The lowest BCUT2D eigenvalue weighted by Gasteiger charge is -2.17. The second-order valence-corrected chi connectivity index (χ2v) is 26.0. The first-order valence-electron chi connectivity index (χ1n) is 11.1. The summed E-state index contributed by atoms with van der Waals surface area (Å²) >= 11 is 10.1. The van der Waals surface area contributed by atoms with Crippen LogP contribution in [0, 0.1) is 4.51 Å². The van der Waals surface area contributed by atoms with Crippen molar-refractivity contribution >= 4 is 97.3 Å². The van der Waals surface area contributed by atoms with Gasteiger partial charge in [-0.2, -0.15) is 0 Å². The summed E-state index contributed by atoms with van der Waals surface area (Å²) < 4.78 is 9.27. The van der Waals surface area contributed by atoms with E-state index >= 15 is 0 Å². The van der Waals surface area contributed by atoms with Crippen LogP contribution in [0.4, 0.5) is 0 Å². The minimum Gasteiger partial charge on any atom is -0.129 e. The van der Waals surface area contributed by atoms with Crippen molar-refractivity contribution in [1.82, 2.24) is 0 Å². The highest BCUT2D eigenvalue weighted by Gasteiger charge is 2.39. The predicted molar refractivity (Wildman–Crippen MR) is 163 cm³/mol. The summed E-state index contributed by atoms with van der Waals surface area (Å²) in [6, 6.07) is 21.8. The molecule has 1 aliphatic rings. The van der Waals surface area contributed by atoms with E-state index in [4.69, 9.17) is 0 Å². The van der Waals surface area contributed by atoms with Gasteiger partial charge in [-0.05, 0) is 29.5 Å². The van der Waals surface area contributed by atoms with Crippen molar-refractivity contribution < 1.29 is 0 Å². The molecular weight excluding hydrogens is 529 g/mol. The fraction of sp³-hybridized carbons (Fsp3) is 0.231. The van der Waals surface area contributed by atoms with E-state index in [1.54, 1.807) is 19.6 Å². The molecule has 0 spiro atoms. The summed E-state index contributed by atoms with van der Waals surface area (Å²) in [6.07, 6.45) is 0. The Morgan fingerprint density at radius 2 is 1.30 bits per heavy atom.